The zero-order valence-corrected chi connectivity index (χ0v) is 17.7. The van der Waals surface area contributed by atoms with E-state index in [0.29, 0.717) is 17.2 Å². The van der Waals surface area contributed by atoms with E-state index in [-0.39, 0.29) is 24.0 Å². The first-order chi connectivity index (χ1) is 12.1. The molecule has 0 aliphatic heterocycles. The standard InChI is InChI=1S/C20H22NO4.HI/c1-21-9-8-13-6-7-15(22-2)12-16(13)19(21)14-10-17(23-3)20(25-5)18(11-14)24-4;/h6-12H,1-5H3;1H/q+1;/p-1. The highest BCUT2D eigenvalue weighted by Gasteiger charge is 2.21. The van der Waals surface area contributed by atoms with E-state index in [1.54, 1.807) is 28.4 Å². The second kappa shape index (κ2) is 8.44. The van der Waals surface area contributed by atoms with Crippen LogP contribution in [0.5, 0.6) is 23.0 Å². The van der Waals surface area contributed by atoms with Crippen molar-refractivity contribution in [2.45, 2.75) is 0 Å². The molecule has 6 heteroatoms. The molecule has 0 fully saturated rings. The first-order valence-electron chi connectivity index (χ1n) is 7.89. The molecule has 5 nitrogen and oxygen atoms in total. The number of benzene rings is 2. The van der Waals surface area contributed by atoms with E-state index in [1.807, 2.05) is 37.5 Å². The summed E-state index contributed by atoms with van der Waals surface area (Å²) in [6.45, 7) is 0. The number of aryl methyl sites for hydroxylation is 1. The van der Waals surface area contributed by atoms with E-state index in [2.05, 4.69) is 16.7 Å². The zero-order valence-electron chi connectivity index (χ0n) is 15.5. The second-order valence-electron chi connectivity index (χ2n) is 5.64. The molecule has 0 aliphatic carbocycles. The Labute approximate surface area is 170 Å². The minimum atomic E-state index is 0. The fourth-order valence-corrected chi connectivity index (χ4v) is 3.05. The monoisotopic (exact) mass is 467 g/mol. The van der Waals surface area contributed by atoms with Crippen LogP contribution in [0.4, 0.5) is 0 Å². The van der Waals surface area contributed by atoms with Crippen LogP contribution >= 0.6 is 0 Å². The van der Waals surface area contributed by atoms with Gasteiger partial charge >= 0.3 is 0 Å². The number of nitrogens with zero attached hydrogens (tertiary/aromatic N) is 1. The predicted octanol–water partition coefficient (Wildman–Crippen LogP) is 0.370. The predicted molar refractivity (Wildman–Crippen MR) is 96.8 cm³/mol. The van der Waals surface area contributed by atoms with Crippen molar-refractivity contribution in [3.8, 4) is 34.3 Å². The quantitative estimate of drug-likeness (QED) is 0.402. The largest absolute Gasteiger partial charge is 1.00 e. The molecule has 0 saturated heterocycles. The lowest BCUT2D eigenvalue weighted by atomic mass is 10.0. The molecular formula is C20H22INO4. The number of hydrogen-bond acceptors (Lipinski definition) is 4. The van der Waals surface area contributed by atoms with E-state index < -0.39 is 0 Å². The molecule has 0 saturated carbocycles. The lowest BCUT2D eigenvalue weighted by Crippen LogP contribution is -3.00. The molecule has 138 valence electrons. The zero-order chi connectivity index (χ0) is 18.0. The average molecular weight is 467 g/mol. The number of hydrogen-bond donors (Lipinski definition) is 0. The van der Waals surface area contributed by atoms with Crippen LogP contribution in [-0.2, 0) is 7.05 Å². The summed E-state index contributed by atoms with van der Waals surface area (Å²) >= 11 is 0. The third kappa shape index (κ3) is 3.51. The Morgan fingerprint density at radius 3 is 1.96 bits per heavy atom. The molecule has 26 heavy (non-hydrogen) atoms. The second-order valence-corrected chi connectivity index (χ2v) is 5.64. The number of ether oxygens (including phenoxy) is 4. The summed E-state index contributed by atoms with van der Waals surface area (Å²) < 4.78 is 23.9. The van der Waals surface area contributed by atoms with Gasteiger partial charge in [0.25, 0.3) is 0 Å². The molecule has 0 bridgehead atoms. The first kappa shape index (κ1) is 20.1. The van der Waals surface area contributed by atoms with Crippen molar-refractivity contribution >= 4 is 10.8 Å². The van der Waals surface area contributed by atoms with Gasteiger partial charge in [0.1, 0.15) is 12.8 Å². The summed E-state index contributed by atoms with van der Waals surface area (Å²) in [7, 11) is 8.52. The van der Waals surface area contributed by atoms with E-state index >= 15 is 0 Å². The molecule has 2 aromatic carbocycles. The van der Waals surface area contributed by atoms with Crippen LogP contribution in [0.3, 0.4) is 0 Å². The number of pyridine rings is 1. The minimum Gasteiger partial charge on any atom is -1.00 e. The summed E-state index contributed by atoms with van der Waals surface area (Å²) in [5.41, 5.74) is 2.01. The van der Waals surface area contributed by atoms with Gasteiger partial charge < -0.3 is 42.9 Å². The summed E-state index contributed by atoms with van der Waals surface area (Å²) in [6, 6.07) is 12.0. The fourth-order valence-electron chi connectivity index (χ4n) is 3.05. The highest BCUT2D eigenvalue weighted by Crippen LogP contribution is 2.41. The van der Waals surface area contributed by atoms with Crippen molar-refractivity contribution in [1.82, 2.24) is 0 Å². The number of fused-ring (bicyclic) bond motifs is 1. The van der Waals surface area contributed by atoms with E-state index in [1.165, 1.54) is 0 Å². The van der Waals surface area contributed by atoms with E-state index in [4.69, 9.17) is 18.9 Å². The van der Waals surface area contributed by atoms with E-state index in [0.717, 1.165) is 27.8 Å². The molecule has 0 radical (unpaired) electrons. The van der Waals surface area contributed by atoms with Crippen molar-refractivity contribution in [2.24, 2.45) is 7.05 Å². The molecule has 0 amide bonds. The molecule has 3 aromatic rings. The maximum Gasteiger partial charge on any atom is 0.220 e. The summed E-state index contributed by atoms with van der Waals surface area (Å²) in [6.07, 6.45) is 2.04. The lowest BCUT2D eigenvalue weighted by molar-refractivity contribution is -0.659. The molecule has 1 aromatic heterocycles. The third-order valence-electron chi connectivity index (χ3n) is 4.28. The molecule has 1 heterocycles. The van der Waals surface area contributed by atoms with Crippen molar-refractivity contribution in [2.75, 3.05) is 28.4 Å². The molecular weight excluding hydrogens is 445 g/mol. The van der Waals surface area contributed by atoms with Crippen LogP contribution in [0.25, 0.3) is 22.0 Å². The number of halogens is 1. The normalized spacial score (nSPS) is 10.2. The summed E-state index contributed by atoms with van der Waals surface area (Å²) in [4.78, 5) is 0. The molecule has 0 N–H and O–H groups in total. The smallest absolute Gasteiger partial charge is 0.220 e. The van der Waals surface area contributed by atoms with Crippen molar-refractivity contribution in [3.63, 3.8) is 0 Å². The van der Waals surface area contributed by atoms with Gasteiger partial charge in [-0.2, -0.15) is 0 Å². The van der Waals surface area contributed by atoms with Gasteiger partial charge in [-0.05, 0) is 29.7 Å². The van der Waals surface area contributed by atoms with Gasteiger partial charge in [0.15, 0.2) is 17.7 Å². The summed E-state index contributed by atoms with van der Waals surface area (Å²) in [5, 5.41) is 2.21. The maximum absolute atomic E-state index is 5.50. The van der Waals surface area contributed by atoms with Crippen LogP contribution in [0, 0.1) is 0 Å². The third-order valence-corrected chi connectivity index (χ3v) is 4.28. The Balaban J connectivity index is 0.00000243. The number of methoxy groups -OCH3 is 4. The molecule has 0 aliphatic rings. The van der Waals surface area contributed by atoms with Gasteiger partial charge in [-0.25, -0.2) is 4.57 Å². The van der Waals surface area contributed by atoms with Crippen LogP contribution in [0.2, 0.25) is 0 Å². The Bertz CT molecular complexity index is 902. The van der Waals surface area contributed by atoms with E-state index in [9.17, 15) is 0 Å². The highest BCUT2D eigenvalue weighted by molar-refractivity contribution is 5.94. The van der Waals surface area contributed by atoms with Gasteiger partial charge in [-0.15, -0.1) is 0 Å². The number of aromatic nitrogens is 1. The topological polar surface area (TPSA) is 40.8 Å². The highest BCUT2D eigenvalue weighted by atomic mass is 127. The Hall–Kier alpha value is -2.22. The average Bonchev–Trinajstić information content (AvgIpc) is 2.66. The minimum absolute atomic E-state index is 0. The van der Waals surface area contributed by atoms with Crippen LogP contribution in [0.1, 0.15) is 0 Å². The van der Waals surface area contributed by atoms with Crippen molar-refractivity contribution in [1.29, 1.82) is 0 Å². The van der Waals surface area contributed by atoms with Crippen LogP contribution < -0.4 is 47.5 Å². The van der Waals surface area contributed by atoms with Gasteiger partial charge in [0.2, 0.25) is 11.4 Å². The summed E-state index contributed by atoms with van der Waals surface area (Å²) in [5.74, 6) is 2.63. The fraction of sp³-hybridized carbons (Fsp3) is 0.250. The van der Waals surface area contributed by atoms with Gasteiger partial charge in [0.05, 0.1) is 39.4 Å². The molecule has 0 unspecified atom stereocenters. The maximum atomic E-state index is 5.50. The van der Waals surface area contributed by atoms with Crippen molar-refractivity contribution < 1.29 is 47.5 Å². The van der Waals surface area contributed by atoms with Crippen LogP contribution in [-0.4, -0.2) is 28.4 Å². The molecule has 0 atom stereocenters. The SMILES string of the molecule is COc1ccc2cc[n+](C)c(-c3cc(OC)c(OC)c(OC)c3)c2c1.[I-]. The van der Waals surface area contributed by atoms with Crippen LogP contribution in [0.15, 0.2) is 42.6 Å². The van der Waals surface area contributed by atoms with Gasteiger partial charge in [-0.1, -0.05) is 6.07 Å². The van der Waals surface area contributed by atoms with Gasteiger partial charge in [0, 0.05) is 6.07 Å². The number of rotatable bonds is 5. The Morgan fingerprint density at radius 1 is 0.769 bits per heavy atom. The molecule has 3 rings (SSSR count). The Kier molecular flexibility index (Phi) is 6.52. The van der Waals surface area contributed by atoms with Gasteiger partial charge in [-0.3, -0.25) is 0 Å². The lowest BCUT2D eigenvalue weighted by Gasteiger charge is -2.14. The Morgan fingerprint density at radius 2 is 1.42 bits per heavy atom. The molecule has 0 spiro atoms. The first-order valence-corrected chi connectivity index (χ1v) is 7.89. The van der Waals surface area contributed by atoms with Crippen molar-refractivity contribution in [3.05, 3.63) is 42.6 Å².